The molecule has 1 aromatic heterocycles. The second-order valence-corrected chi connectivity index (χ2v) is 4.11. The summed E-state index contributed by atoms with van der Waals surface area (Å²) in [5.74, 6) is -0.0684. The van der Waals surface area contributed by atoms with Gasteiger partial charge in [-0.05, 0) is 19.8 Å². The van der Waals surface area contributed by atoms with Crippen LogP contribution in [0, 0.1) is 6.92 Å². The Morgan fingerprint density at radius 1 is 1.75 bits per heavy atom. The van der Waals surface area contributed by atoms with Crippen LogP contribution >= 0.6 is 0 Å². The number of amides is 1. The molecule has 1 fully saturated rings. The topological polar surface area (TPSA) is 56.1 Å². The number of nitrogens with one attached hydrogen (secondary N) is 1. The summed E-state index contributed by atoms with van der Waals surface area (Å²) < 4.78 is 7.13. The number of rotatable bonds is 3. The Morgan fingerprint density at radius 3 is 3.12 bits per heavy atom. The van der Waals surface area contributed by atoms with E-state index in [1.807, 2.05) is 14.0 Å². The minimum atomic E-state index is -0.0684. The van der Waals surface area contributed by atoms with E-state index in [0.29, 0.717) is 12.1 Å². The zero-order valence-corrected chi connectivity index (χ0v) is 9.69. The van der Waals surface area contributed by atoms with Gasteiger partial charge in [-0.3, -0.25) is 9.48 Å². The van der Waals surface area contributed by atoms with E-state index >= 15 is 0 Å². The van der Waals surface area contributed by atoms with Gasteiger partial charge in [0.25, 0.3) is 5.91 Å². The van der Waals surface area contributed by atoms with E-state index < -0.39 is 0 Å². The number of carbonyl (C=O) groups is 1. The molecular weight excluding hydrogens is 206 g/mol. The van der Waals surface area contributed by atoms with E-state index in [1.54, 1.807) is 10.9 Å². The summed E-state index contributed by atoms with van der Waals surface area (Å²) in [6.07, 6.45) is 3.90. The normalized spacial score (nSPS) is 20.0. The summed E-state index contributed by atoms with van der Waals surface area (Å²) in [5.41, 5.74) is 1.52. The van der Waals surface area contributed by atoms with Crippen molar-refractivity contribution in [1.29, 1.82) is 0 Å². The SMILES string of the molecule is Cc1c(C(=O)NCC2CCCO2)cnn1C. The van der Waals surface area contributed by atoms with Crippen LogP contribution in [0.1, 0.15) is 28.9 Å². The van der Waals surface area contributed by atoms with Crippen molar-refractivity contribution in [1.82, 2.24) is 15.1 Å². The molecule has 0 aromatic carbocycles. The first-order valence-corrected chi connectivity index (χ1v) is 5.57. The fourth-order valence-corrected chi connectivity index (χ4v) is 1.83. The van der Waals surface area contributed by atoms with Gasteiger partial charge in [-0.2, -0.15) is 5.10 Å². The summed E-state index contributed by atoms with van der Waals surface area (Å²) in [4.78, 5) is 11.8. The lowest BCUT2D eigenvalue weighted by Gasteiger charge is -2.10. The second-order valence-electron chi connectivity index (χ2n) is 4.11. The summed E-state index contributed by atoms with van der Waals surface area (Å²) >= 11 is 0. The van der Waals surface area contributed by atoms with Crippen molar-refractivity contribution < 1.29 is 9.53 Å². The fourth-order valence-electron chi connectivity index (χ4n) is 1.83. The molecule has 0 aliphatic carbocycles. The van der Waals surface area contributed by atoms with Gasteiger partial charge in [0, 0.05) is 25.9 Å². The minimum absolute atomic E-state index is 0.0684. The first kappa shape index (κ1) is 11.1. The highest BCUT2D eigenvalue weighted by molar-refractivity contribution is 5.95. The van der Waals surface area contributed by atoms with Crippen molar-refractivity contribution in [2.45, 2.75) is 25.9 Å². The largest absolute Gasteiger partial charge is 0.376 e. The molecule has 88 valence electrons. The number of aryl methyl sites for hydroxylation is 1. The first-order valence-electron chi connectivity index (χ1n) is 5.57. The third kappa shape index (κ3) is 2.24. The zero-order chi connectivity index (χ0) is 11.5. The smallest absolute Gasteiger partial charge is 0.254 e. The highest BCUT2D eigenvalue weighted by Crippen LogP contribution is 2.11. The quantitative estimate of drug-likeness (QED) is 0.818. The van der Waals surface area contributed by atoms with Gasteiger partial charge in [0.2, 0.25) is 0 Å². The number of hydrogen-bond donors (Lipinski definition) is 1. The average molecular weight is 223 g/mol. The maximum atomic E-state index is 11.8. The molecule has 1 aromatic rings. The molecule has 0 radical (unpaired) electrons. The molecule has 0 spiro atoms. The van der Waals surface area contributed by atoms with Gasteiger partial charge in [-0.1, -0.05) is 0 Å². The Morgan fingerprint density at radius 2 is 2.56 bits per heavy atom. The Hall–Kier alpha value is -1.36. The van der Waals surface area contributed by atoms with E-state index in [4.69, 9.17) is 4.74 Å². The first-order chi connectivity index (χ1) is 7.68. The Labute approximate surface area is 94.8 Å². The Balaban J connectivity index is 1.90. The lowest BCUT2D eigenvalue weighted by Crippen LogP contribution is -2.31. The maximum absolute atomic E-state index is 11.8. The van der Waals surface area contributed by atoms with Crippen LogP contribution in [0.25, 0.3) is 0 Å². The summed E-state index contributed by atoms with van der Waals surface area (Å²) in [5, 5.41) is 6.92. The van der Waals surface area contributed by atoms with Crippen LogP contribution in [0.4, 0.5) is 0 Å². The van der Waals surface area contributed by atoms with Crippen LogP contribution in [0.15, 0.2) is 6.20 Å². The van der Waals surface area contributed by atoms with E-state index in [2.05, 4.69) is 10.4 Å². The van der Waals surface area contributed by atoms with Gasteiger partial charge in [0.1, 0.15) is 0 Å². The van der Waals surface area contributed by atoms with Gasteiger partial charge in [0.05, 0.1) is 17.9 Å². The minimum Gasteiger partial charge on any atom is -0.376 e. The molecule has 1 N–H and O–H groups in total. The molecule has 16 heavy (non-hydrogen) atoms. The molecule has 5 nitrogen and oxygen atoms in total. The predicted octanol–water partition coefficient (Wildman–Crippen LogP) is 0.637. The number of aromatic nitrogens is 2. The molecule has 0 saturated carbocycles. The van der Waals surface area contributed by atoms with Crippen LogP contribution in [0.3, 0.4) is 0 Å². The van der Waals surface area contributed by atoms with Crippen molar-refractivity contribution in [2.75, 3.05) is 13.2 Å². The van der Waals surface area contributed by atoms with Gasteiger partial charge < -0.3 is 10.1 Å². The van der Waals surface area contributed by atoms with Crippen molar-refractivity contribution in [2.24, 2.45) is 7.05 Å². The van der Waals surface area contributed by atoms with Crippen LogP contribution in [0.5, 0.6) is 0 Å². The van der Waals surface area contributed by atoms with E-state index in [0.717, 1.165) is 25.1 Å². The van der Waals surface area contributed by atoms with Gasteiger partial charge in [0.15, 0.2) is 0 Å². The fraction of sp³-hybridized carbons (Fsp3) is 0.636. The predicted molar refractivity (Wildman–Crippen MR) is 59.3 cm³/mol. The average Bonchev–Trinajstić information content (AvgIpc) is 2.88. The van der Waals surface area contributed by atoms with Crippen LogP contribution in [-0.4, -0.2) is 34.9 Å². The van der Waals surface area contributed by atoms with Crippen LogP contribution in [-0.2, 0) is 11.8 Å². The summed E-state index contributed by atoms with van der Waals surface area (Å²) in [7, 11) is 1.83. The summed E-state index contributed by atoms with van der Waals surface area (Å²) in [6.45, 7) is 3.29. The zero-order valence-electron chi connectivity index (χ0n) is 9.69. The lowest BCUT2D eigenvalue weighted by molar-refractivity contribution is 0.0857. The van der Waals surface area contributed by atoms with Crippen molar-refractivity contribution in [3.8, 4) is 0 Å². The molecule has 2 heterocycles. The Bertz CT molecular complexity index is 381. The third-order valence-electron chi connectivity index (χ3n) is 2.99. The number of carbonyl (C=O) groups excluding carboxylic acids is 1. The molecular formula is C11H17N3O2. The van der Waals surface area contributed by atoms with Crippen molar-refractivity contribution in [3.05, 3.63) is 17.5 Å². The van der Waals surface area contributed by atoms with E-state index in [1.165, 1.54) is 0 Å². The Kier molecular flexibility index (Phi) is 3.24. The van der Waals surface area contributed by atoms with E-state index in [9.17, 15) is 4.79 Å². The molecule has 1 aliphatic heterocycles. The highest BCUT2D eigenvalue weighted by atomic mass is 16.5. The van der Waals surface area contributed by atoms with Crippen molar-refractivity contribution >= 4 is 5.91 Å². The molecule has 1 atom stereocenters. The standard InChI is InChI=1S/C11H17N3O2/c1-8-10(7-13-14(8)2)11(15)12-6-9-4-3-5-16-9/h7,9H,3-6H2,1-2H3,(H,12,15). The van der Waals surface area contributed by atoms with Crippen LogP contribution < -0.4 is 5.32 Å². The van der Waals surface area contributed by atoms with E-state index in [-0.39, 0.29) is 12.0 Å². The molecule has 5 heteroatoms. The summed E-state index contributed by atoms with van der Waals surface area (Å²) in [6, 6.07) is 0. The molecule has 1 amide bonds. The monoisotopic (exact) mass is 223 g/mol. The van der Waals surface area contributed by atoms with Gasteiger partial charge in [-0.25, -0.2) is 0 Å². The maximum Gasteiger partial charge on any atom is 0.254 e. The molecule has 1 unspecified atom stereocenters. The van der Waals surface area contributed by atoms with Crippen molar-refractivity contribution in [3.63, 3.8) is 0 Å². The second kappa shape index (κ2) is 4.65. The number of ether oxygens (including phenoxy) is 1. The van der Waals surface area contributed by atoms with Gasteiger partial charge in [-0.15, -0.1) is 0 Å². The lowest BCUT2D eigenvalue weighted by atomic mass is 10.2. The molecule has 1 saturated heterocycles. The van der Waals surface area contributed by atoms with Gasteiger partial charge >= 0.3 is 0 Å². The number of nitrogens with zero attached hydrogens (tertiary/aromatic N) is 2. The highest BCUT2D eigenvalue weighted by Gasteiger charge is 2.18. The number of hydrogen-bond acceptors (Lipinski definition) is 3. The third-order valence-corrected chi connectivity index (χ3v) is 2.99. The molecule has 1 aliphatic rings. The van der Waals surface area contributed by atoms with Crippen LogP contribution in [0.2, 0.25) is 0 Å². The molecule has 2 rings (SSSR count). The molecule has 0 bridgehead atoms.